The Balaban J connectivity index is 2.57. The van der Waals surface area contributed by atoms with E-state index >= 15 is 0 Å². The number of aryl methyl sites for hydroxylation is 1. The minimum atomic E-state index is 0.619. The zero-order valence-corrected chi connectivity index (χ0v) is 7.35. The topological polar surface area (TPSA) is 49.4 Å². The molecular weight excluding hydrogens is 172 g/mol. The summed E-state index contributed by atoms with van der Waals surface area (Å²) in [5.74, 6) is 0.877. The summed E-state index contributed by atoms with van der Waals surface area (Å²) in [6, 6.07) is 0. The van der Waals surface area contributed by atoms with Gasteiger partial charge in [-0.1, -0.05) is 0 Å². The number of imidazole rings is 2. The Morgan fingerprint density at radius 2 is 2.42 bits per heavy atom. The zero-order chi connectivity index (χ0) is 8.55. The quantitative estimate of drug-likeness (QED) is 0.653. The van der Waals surface area contributed by atoms with Crippen LogP contribution in [0.2, 0.25) is 0 Å². The number of hydrogen-bond acceptors (Lipinski definition) is 2. The molecule has 0 saturated heterocycles. The van der Waals surface area contributed by atoms with Crippen molar-refractivity contribution in [3.8, 4) is 11.5 Å². The van der Waals surface area contributed by atoms with E-state index in [1.807, 2.05) is 24.0 Å². The van der Waals surface area contributed by atoms with Crippen molar-refractivity contribution in [2.75, 3.05) is 0 Å². The predicted octanol–water partition coefficient (Wildman–Crippen LogP) is 1.47. The molecule has 0 radical (unpaired) electrons. The third-order valence-corrected chi connectivity index (χ3v) is 1.88. The van der Waals surface area contributed by atoms with E-state index in [4.69, 9.17) is 12.2 Å². The van der Waals surface area contributed by atoms with Crippen LogP contribution in [0.25, 0.3) is 11.5 Å². The Hall–Kier alpha value is -1.36. The summed E-state index contributed by atoms with van der Waals surface area (Å²) in [5, 5.41) is 0. The highest BCUT2D eigenvalue weighted by Crippen LogP contribution is 2.11. The third-order valence-electron chi connectivity index (χ3n) is 1.66. The van der Waals surface area contributed by atoms with E-state index in [-0.39, 0.29) is 0 Å². The lowest BCUT2D eigenvalue weighted by atomic mass is 10.4. The third kappa shape index (κ3) is 1.08. The number of H-pyrrole nitrogens is 2. The van der Waals surface area contributed by atoms with Crippen molar-refractivity contribution in [3.63, 3.8) is 0 Å². The molecule has 0 aliphatic rings. The summed E-state index contributed by atoms with van der Waals surface area (Å²) >= 11 is 4.90. The normalized spacial score (nSPS) is 10.4. The molecule has 0 bridgehead atoms. The van der Waals surface area contributed by atoms with Crippen molar-refractivity contribution >= 4 is 12.2 Å². The number of nitrogens with one attached hydrogen (secondary N) is 2. The summed E-state index contributed by atoms with van der Waals surface area (Å²) in [6.07, 6.45) is 5.45. The van der Waals surface area contributed by atoms with Gasteiger partial charge in [-0.05, 0) is 12.2 Å². The van der Waals surface area contributed by atoms with Crippen LogP contribution in [-0.2, 0) is 7.05 Å². The molecule has 5 heteroatoms. The van der Waals surface area contributed by atoms with E-state index < -0.39 is 0 Å². The minimum Gasteiger partial charge on any atom is -0.337 e. The molecular formula is C7H8N4S. The maximum absolute atomic E-state index is 4.90. The van der Waals surface area contributed by atoms with Gasteiger partial charge in [0.2, 0.25) is 0 Å². The number of hydrogen-bond donors (Lipinski definition) is 2. The fourth-order valence-electron chi connectivity index (χ4n) is 1.08. The molecule has 12 heavy (non-hydrogen) atoms. The lowest BCUT2D eigenvalue weighted by molar-refractivity contribution is 0.919. The SMILES string of the molecule is Cn1ccnc1-c1c[nH]c(=S)[nH]1. The molecule has 0 aliphatic heterocycles. The minimum absolute atomic E-state index is 0.619. The van der Waals surface area contributed by atoms with Gasteiger partial charge in [0, 0.05) is 25.6 Å². The van der Waals surface area contributed by atoms with E-state index in [9.17, 15) is 0 Å². The maximum Gasteiger partial charge on any atom is 0.175 e. The first-order chi connectivity index (χ1) is 5.77. The summed E-state index contributed by atoms with van der Waals surface area (Å²) in [6.45, 7) is 0. The van der Waals surface area contributed by atoms with Crippen LogP contribution in [0, 0.1) is 4.77 Å². The van der Waals surface area contributed by atoms with Gasteiger partial charge in [-0.25, -0.2) is 4.98 Å². The molecule has 0 atom stereocenters. The second-order valence-electron chi connectivity index (χ2n) is 2.52. The molecule has 2 rings (SSSR count). The fourth-order valence-corrected chi connectivity index (χ4v) is 1.25. The van der Waals surface area contributed by atoms with Crippen LogP contribution in [0.3, 0.4) is 0 Å². The predicted molar refractivity (Wildman–Crippen MR) is 48.2 cm³/mol. The van der Waals surface area contributed by atoms with Crippen LogP contribution < -0.4 is 0 Å². The number of nitrogens with zero attached hydrogens (tertiary/aromatic N) is 2. The van der Waals surface area contributed by atoms with Crippen LogP contribution in [0.5, 0.6) is 0 Å². The molecule has 4 nitrogen and oxygen atoms in total. The first-order valence-electron chi connectivity index (χ1n) is 3.53. The molecule has 0 saturated carbocycles. The molecule has 2 N–H and O–H groups in total. The van der Waals surface area contributed by atoms with Crippen LogP contribution >= 0.6 is 12.2 Å². The number of aromatic nitrogens is 4. The average molecular weight is 180 g/mol. The number of aromatic amines is 2. The van der Waals surface area contributed by atoms with Crippen molar-refractivity contribution in [2.24, 2.45) is 7.05 Å². The summed E-state index contributed by atoms with van der Waals surface area (Å²) < 4.78 is 2.54. The van der Waals surface area contributed by atoms with Crippen LogP contribution in [0.15, 0.2) is 18.6 Å². The summed E-state index contributed by atoms with van der Waals surface area (Å²) in [5.41, 5.74) is 0.910. The van der Waals surface area contributed by atoms with Gasteiger partial charge in [0.25, 0.3) is 0 Å². The van der Waals surface area contributed by atoms with Crippen molar-refractivity contribution in [1.82, 2.24) is 19.5 Å². The van der Waals surface area contributed by atoms with Crippen molar-refractivity contribution in [1.29, 1.82) is 0 Å². The standard InChI is InChI=1S/C7H8N4S/c1-11-3-2-8-6(11)5-4-9-7(12)10-5/h2-4H,1H3,(H2,9,10,12). The molecule has 0 spiro atoms. The van der Waals surface area contributed by atoms with Crippen molar-refractivity contribution in [3.05, 3.63) is 23.4 Å². The molecule has 0 fully saturated rings. The van der Waals surface area contributed by atoms with Crippen LogP contribution in [0.4, 0.5) is 0 Å². The largest absolute Gasteiger partial charge is 0.337 e. The van der Waals surface area contributed by atoms with Gasteiger partial charge in [-0.3, -0.25) is 0 Å². The monoisotopic (exact) mass is 180 g/mol. The highest BCUT2D eigenvalue weighted by atomic mass is 32.1. The van der Waals surface area contributed by atoms with E-state index in [1.54, 1.807) is 6.20 Å². The summed E-state index contributed by atoms with van der Waals surface area (Å²) in [4.78, 5) is 10.0. The second kappa shape index (κ2) is 2.60. The first-order valence-corrected chi connectivity index (χ1v) is 3.93. The Labute approximate surface area is 74.3 Å². The van der Waals surface area contributed by atoms with Gasteiger partial charge in [0.1, 0.15) is 5.69 Å². The second-order valence-corrected chi connectivity index (χ2v) is 2.93. The van der Waals surface area contributed by atoms with E-state index in [1.165, 1.54) is 0 Å². The van der Waals surface area contributed by atoms with Crippen LogP contribution in [0.1, 0.15) is 0 Å². The molecule has 0 aliphatic carbocycles. The Morgan fingerprint density at radius 3 is 2.92 bits per heavy atom. The molecule has 62 valence electrons. The molecule has 2 heterocycles. The van der Waals surface area contributed by atoms with Gasteiger partial charge in [-0.2, -0.15) is 0 Å². The smallest absolute Gasteiger partial charge is 0.175 e. The van der Waals surface area contributed by atoms with Gasteiger partial charge >= 0.3 is 0 Å². The molecule has 0 unspecified atom stereocenters. The van der Waals surface area contributed by atoms with E-state index in [0.717, 1.165) is 11.5 Å². The Kier molecular flexibility index (Phi) is 1.58. The van der Waals surface area contributed by atoms with E-state index in [0.29, 0.717) is 4.77 Å². The lowest BCUT2D eigenvalue weighted by Gasteiger charge is -1.95. The molecule has 0 amide bonds. The van der Waals surface area contributed by atoms with E-state index in [2.05, 4.69) is 15.0 Å². The summed E-state index contributed by atoms with van der Waals surface area (Å²) in [7, 11) is 1.94. The van der Waals surface area contributed by atoms with Crippen molar-refractivity contribution in [2.45, 2.75) is 0 Å². The van der Waals surface area contributed by atoms with Gasteiger partial charge in [0.05, 0.1) is 0 Å². The van der Waals surface area contributed by atoms with Gasteiger partial charge < -0.3 is 14.5 Å². The lowest BCUT2D eigenvalue weighted by Crippen LogP contribution is -1.90. The maximum atomic E-state index is 4.90. The van der Waals surface area contributed by atoms with Crippen LogP contribution in [-0.4, -0.2) is 19.5 Å². The fraction of sp³-hybridized carbons (Fsp3) is 0.143. The van der Waals surface area contributed by atoms with Gasteiger partial charge in [0.15, 0.2) is 10.6 Å². The molecule has 0 aromatic carbocycles. The zero-order valence-electron chi connectivity index (χ0n) is 6.53. The first kappa shape index (κ1) is 7.30. The number of rotatable bonds is 1. The molecule has 2 aromatic rings. The molecule has 2 aromatic heterocycles. The van der Waals surface area contributed by atoms with Gasteiger partial charge in [-0.15, -0.1) is 0 Å². The highest BCUT2D eigenvalue weighted by Gasteiger charge is 2.02. The Morgan fingerprint density at radius 1 is 1.58 bits per heavy atom. The highest BCUT2D eigenvalue weighted by molar-refractivity contribution is 7.71. The Bertz CT molecular complexity index is 436. The average Bonchev–Trinajstić information content (AvgIpc) is 2.58. The van der Waals surface area contributed by atoms with Crippen molar-refractivity contribution < 1.29 is 0 Å².